The number of benzene rings is 1. The molecule has 2 fully saturated rings. The van der Waals surface area contributed by atoms with Gasteiger partial charge < -0.3 is 36.6 Å². The number of carboxylic acids is 2. The molecule has 1 aromatic heterocycles. The third kappa shape index (κ3) is 5.98. The van der Waals surface area contributed by atoms with Gasteiger partial charge in [0, 0.05) is 36.2 Å². The van der Waals surface area contributed by atoms with E-state index in [2.05, 4.69) is 46.7 Å². The van der Waals surface area contributed by atoms with Crippen LogP contribution in [-0.4, -0.2) is 75.4 Å². The number of nitrogens with one attached hydrogen (secondary N) is 4. The molecule has 2 heterocycles. The van der Waals surface area contributed by atoms with Gasteiger partial charge in [-0.3, -0.25) is 24.3 Å². The first-order valence-corrected chi connectivity index (χ1v) is 14.9. The Bertz CT molecular complexity index is 1560. The van der Waals surface area contributed by atoms with Crippen LogP contribution in [-0.2, 0) is 14.3 Å². The Morgan fingerprint density at radius 1 is 1.18 bits per heavy atom. The summed E-state index contributed by atoms with van der Waals surface area (Å²) in [6.07, 6.45) is 1.22. The highest BCUT2D eigenvalue weighted by Gasteiger charge is 2.63. The van der Waals surface area contributed by atoms with E-state index in [4.69, 9.17) is 15.6 Å². The van der Waals surface area contributed by atoms with Crippen LogP contribution in [0.1, 0.15) is 63.2 Å². The zero-order valence-corrected chi connectivity index (χ0v) is 25.4. The van der Waals surface area contributed by atoms with Crippen LogP contribution in [0.2, 0.25) is 0 Å². The molecule has 242 valence electrons. The molecule has 2 bridgehead atoms. The first kappa shape index (κ1) is 31.6. The number of aromatic nitrogens is 2. The SMILES string of the molecule is CC1(C)[C@H]2CC[C@]1(C)[C@H](OC(=O)N1c3c(nc(N)[nH]c3=O)NC[C@H]1CNc1ccc(C(=O)N[C@@H](CCC(=O)O)C(=O)O)cc1)C2. The van der Waals surface area contributed by atoms with E-state index in [9.17, 15) is 29.1 Å². The molecular weight excluding hydrogens is 586 g/mol. The Hall–Kier alpha value is -4.82. The van der Waals surface area contributed by atoms with E-state index >= 15 is 0 Å². The Balaban J connectivity index is 1.29. The van der Waals surface area contributed by atoms with E-state index in [-0.39, 0.29) is 59.5 Å². The number of nitrogens with two attached hydrogens (primary N) is 1. The molecule has 2 amide bonds. The van der Waals surface area contributed by atoms with E-state index in [1.165, 1.54) is 17.0 Å². The molecule has 0 unspecified atom stereocenters. The van der Waals surface area contributed by atoms with Gasteiger partial charge in [0.25, 0.3) is 11.5 Å². The lowest BCUT2D eigenvalue weighted by atomic mass is 9.70. The number of hydrogen-bond acceptors (Lipinski definition) is 10. The van der Waals surface area contributed by atoms with Gasteiger partial charge in [-0.1, -0.05) is 20.8 Å². The second-order valence-electron chi connectivity index (χ2n) is 12.8. The Morgan fingerprint density at radius 3 is 2.49 bits per heavy atom. The summed E-state index contributed by atoms with van der Waals surface area (Å²) >= 11 is 0. The molecule has 8 N–H and O–H groups in total. The molecule has 2 aromatic rings. The summed E-state index contributed by atoms with van der Waals surface area (Å²) in [5.41, 5.74) is 5.81. The normalized spacial score (nSPS) is 25.0. The van der Waals surface area contributed by atoms with E-state index in [1.54, 1.807) is 12.1 Å². The Kier molecular flexibility index (Phi) is 8.38. The number of aromatic amines is 1. The summed E-state index contributed by atoms with van der Waals surface area (Å²) in [6, 6.07) is 4.29. The number of nitrogen functional groups attached to an aromatic ring is 1. The number of H-pyrrole nitrogens is 1. The minimum Gasteiger partial charge on any atom is -0.481 e. The van der Waals surface area contributed by atoms with Gasteiger partial charge in [-0.2, -0.15) is 4.98 Å². The van der Waals surface area contributed by atoms with Crippen LogP contribution >= 0.6 is 0 Å². The number of carbonyl (C=O) groups is 4. The summed E-state index contributed by atoms with van der Waals surface area (Å²) in [5, 5.41) is 26.8. The molecule has 3 aliphatic rings. The third-order valence-electron chi connectivity index (χ3n) is 10.1. The fourth-order valence-electron chi connectivity index (χ4n) is 6.95. The lowest BCUT2D eigenvalue weighted by molar-refractivity contribution is -0.140. The van der Waals surface area contributed by atoms with Crippen LogP contribution in [0.3, 0.4) is 0 Å². The van der Waals surface area contributed by atoms with Crippen LogP contribution < -0.4 is 32.1 Å². The van der Waals surface area contributed by atoms with Crippen molar-refractivity contribution in [2.75, 3.05) is 34.4 Å². The Morgan fingerprint density at radius 2 is 1.89 bits per heavy atom. The van der Waals surface area contributed by atoms with Crippen LogP contribution in [0.15, 0.2) is 29.1 Å². The zero-order valence-electron chi connectivity index (χ0n) is 25.4. The van der Waals surface area contributed by atoms with Crippen molar-refractivity contribution in [2.24, 2.45) is 16.7 Å². The van der Waals surface area contributed by atoms with Crippen molar-refractivity contribution in [1.82, 2.24) is 15.3 Å². The number of aliphatic carboxylic acids is 2. The maximum absolute atomic E-state index is 13.9. The molecule has 1 aromatic carbocycles. The number of ether oxygens (including phenoxy) is 1. The molecule has 1 aliphatic heterocycles. The molecule has 5 atom stereocenters. The van der Waals surface area contributed by atoms with Crippen LogP contribution in [0, 0.1) is 16.7 Å². The summed E-state index contributed by atoms with van der Waals surface area (Å²) in [6.45, 7) is 7.06. The Labute approximate surface area is 258 Å². The monoisotopic (exact) mass is 625 g/mol. The number of fused-ring (bicyclic) bond motifs is 3. The minimum absolute atomic E-state index is 0.0164. The maximum Gasteiger partial charge on any atom is 0.415 e. The lowest BCUT2D eigenvalue weighted by Crippen LogP contribution is -2.54. The smallest absolute Gasteiger partial charge is 0.415 e. The molecule has 2 aliphatic carbocycles. The van der Waals surface area contributed by atoms with E-state index in [1.807, 2.05) is 0 Å². The summed E-state index contributed by atoms with van der Waals surface area (Å²) < 4.78 is 6.17. The first-order valence-electron chi connectivity index (χ1n) is 14.9. The molecule has 0 saturated heterocycles. The van der Waals surface area contributed by atoms with Crippen LogP contribution in [0.25, 0.3) is 0 Å². The summed E-state index contributed by atoms with van der Waals surface area (Å²) in [4.78, 5) is 69.8. The van der Waals surface area contributed by atoms with Gasteiger partial charge >= 0.3 is 18.0 Å². The quantitative estimate of drug-likeness (QED) is 0.202. The van der Waals surface area contributed by atoms with Crippen molar-refractivity contribution in [3.05, 3.63) is 40.2 Å². The average molecular weight is 626 g/mol. The van der Waals surface area contributed by atoms with Crippen LogP contribution in [0.5, 0.6) is 0 Å². The van der Waals surface area contributed by atoms with Crippen molar-refractivity contribution in [2.45, 2.75) is 71.1 Å². The van der Waals surface area contributed by atoms with E-state index < -0.39 is 48.0 Å². The number of amides is 2. The van der Waals surface area contributed by atoms with Crippen molar-refractivity contribution >= 4 is 47.1 Å². The molecule has 15 heteroatoms. The predicted molar refractivity (Wildman–Crippen MR) is 164 cm³/mol. The van der Waals surface area contributed by atoms with Crippen molar-refractivity contribution < 1.29 is 34.1 Å². The van der Waals surface area contributed by atoms with Crippen molar-refractivity contribution in [3.8, 4) is 0 Å². The fourth-order valence-corrected chi connectivity index (χ4v) is 6.95. The minimum atomic E-state index is -1.35. The van der Waals surface area contributed by atoms with Gasteiger partial charge in [-0.25, -0.2) is 9.59 Å². The number of hydrogen-bond donors (Lipinski definition) is 7. The summed E-state index contributed by atoms with van der Waals surface area (Å²) in [5.74, 6) is -2.61. The lowest BCUT2D eigenvalue weighted by Gasteiger charge is -2.41. The van der Waals surface area contributed by atoms with Gasteiger partial charge in [0.2, 0.25) is 5.95 Å². The molecule has 45 heavy (non-hydrogen) atoms. The van der Waals surface area contributed by atoms with Crippen LogP contribution in [0.4, 0.5) is 27.9 Å². The van der Waals surface area contributed by atoms with Gasteiger partial charge in [0.05, 0.1) is 6.04 Å². The first-order chi connectivity index (χ1) is 21.2. The highest BCUT2D eigenvalue weighted by Crippen LogP contribution is 2.66. The number of anilines is 4. The van der Waals surface area contributed by atoms with Crippen molar-refractivity contribution in [3.63, 3.8) is 0 Å². The molecule has 15 nitrogen and oxygen atoms in total. The number of carboxylic acid groups (broad SMARTS) is 2. The van der Waals surface area contributed by atoms with Crippen molar-refractivity contribution in [1.29, 1.82) is 0 Å². The third-order valence-corrected chi connectivity index (χ3v) is 10.1. The number of rotatable bonds is 10. The highest BCUT2D eigenvalue weighted by atomic mass is 16.6. The molecular formula is C30H39N7O8. The highest BCUT2D eigenvalue weighted by molar-refractivity contribution is 5.97. The fraction of sp³-hybridized carbons (Fsp3) is 0.533. The number of nitrogens with zero attached hydrogens (tertiary/aromatic N) is 2. The maximum atomic E-state index is 13.9. The van der Waals surface area contributed by atoms with Gasteiger partial charge in [-0.05, 0) is 61.3 Å². The van der Waals surface area contributed by atoms with Gasteiger partial charge in [0.1, 0.15) is 12.1 Å². The standard InChI is InChI=1S/C30H39N7O8/c1-29(2)16-10-11-30(29,3)20(12-16)45-28(44)37-18(14-33-23-22(37)25(41)36-27(31)35-23)13-32-17-6-4-15(5-7-17)24(40)34-19(26(42)43)8-9-21(38)39/h4-7,16,18-20,32H,8-14H2,1-3H3,(H,34,40)(H,38,39)(H,42,43)(H4,31,33,35,36,41)/t16-,18+,19-,20+,30+/m0/s1. The molecule has 5 rings (SSSR count). The number of carbonyl (C=O) groups excluding carboxylic acids is 2. The zero-order chi connectivity index (χ0) is 32.7. The average Bonchev–Trinajstić information content (AvgIpc) is 3.31. The van der Waals surface area contributed by atoms with E-state index in [0.717, 1.165) is 19.3 Å². The van der Waals surface area contributed by atoms with Gasteiger partial charge in [-0.15, -0.1) is 0 Å². The summed E-state index contributed by atoms with van der Waals surface area (Å²) in [7, 11) is 0. The topological polar surface area (TPSA) is 229 Å². The predicted octanol–water partition coefficient (Wildman–Crippen LogP) is 2.46. The molecule has 0 radical (unpaired) electrons. The van der Waals surface area contributed by atoms with E-state index in [0.29, 0.717) is 11.6 Å². The van der Waals surface area contributed by atoms with Gasteiger partial charge in [0.15, 0.2) is 11.5 Å². The second kappa shape index (κ2) is 11.9. The largest absolute Gasteiger partial charge is 0.481 e. The molecule has 0 spiro atoms. The second-order valence-corrected chi connectivity index (χ2v) is 12.8. The molecule has 2 saturated carbocycles.